The molecular weight excluding hydrogens is 396 g/mol. The molecule has 0 bridgehead atoms. The smallest absolute Gasteiger partial charge is 0.374 e. The van der Waals surface area contributed by atoms with E-state index in [4.69, 9.17) is 5.11 Å². The van der Waals surface area contributed by atoms with Crippen LogP contribution in [0.1, 0.15) is 25.7 Å². The summed E-state index contributed by atoms with van der Waals surface area (Å²) in [5.74, 6) is -5.74. The Labute approximate surface area is 174 Å². The van der Waals surface area contributed by atoms with Crippen LogP contribution in [0.15, 0.2) is 36.3 Å². The van der Waals surface area contributed by atoms with E-state index in [9.17, 15) is 18.4 Å². The lowest BCUT2D eigenvalue weighted by atomic mass is 10.0. The van der Waals surface area contributed by atoms with Crippen molar-refractivity contribution in [1.29, 1.82) is 0 Å². The molecule has 10 heteroatoms. The lowest BCUT2D eigenvalue weighted by Crippen LogP contribution is -2.44. The maximum absolute atomic E-state index is 13.1. The van der Waals surface area contributed by atoms with Gasteiger partial charge in [-0.1, -0.05) is 12.1 Å². The molecule has 0 radical (unpaired) electrons. The summed E-state index contributed by atoms with van der Waals surface area (Å²) >= 11 is 0. The van der Waals surface area contributed by atoms with Crippen molar-refractivity contribution in [2.75, 3.05) is 37.8 Å². The van der Waals surface area contributed by atoms with E-state index in [1.54, 1.807) is 7.05 Å². The predicted octanol–water partition coefficient (Wildman–Crippen LogP) is 2.24. The van der Waals surface area contributed by atoms with Crippen molar-refractivity contribution in [3.05, 3.63) is 36.3 Å². The highest BCUT2D eigenvalue weighted by molar-refractivity contribution is 5.79. The average molecular weight is 425 g/mol. The number of aliphatic carboxylic acids is 1. The molecule has 0 atom stereocenters. The SMILES string of the molecule is CN/C(=C\NC1CCN(C(=O)CCC(F)(F)C(=O)O)CC1)Nc1ccccc1NC. The van der Waals surface area contributed by atoms with Gasteiger partial charge >= 0.3 is 11.9 Å². The molecule has 0 aliphatic carbocycles. The molecule has 1 heterocycles. The van der Waals surface area contributed by atoms with Gasteiger partial charge < -0.3 is 31.3 Å². The monoisotopic (exact) mass is 425 g/mol. The number of carboxylic acid groups (broad SMARTS) is 1. The molecule has 166 valence electrons. The number of carbonyl (C=O) groups is 2. The average Bonchev–Trinajstić information content (AvgIpc) is 2.75. The summed E-state index contributed by atoms with van der Waals surface area (Å²) in [6, 6.07) is 7.93. The van der Waals surface area contributed by atoms with Gasteiger partial charge in [0.25, 0.3) is 0 Å². The zero-order valence-electron chi connectivity index (χ0n) is 17.2. The zero-order chi connectivity index (χ0) is 22.1. The molecule has 8 nitrogen and oxygen atoms in total. The van der Waals surface area contributed by atoms with Crippen LogP contribution >= 0.6 is 0 Å². The van der Waals surface area contributed by atoms with Gasteiger partial charge in [-0.2, -0.15) is 8.78 Å². The van der Waals surface area contributed by atoms with Crippen LogP contribution < -0.4 is 21.3 Å². The summed E-state index contributed by atoms with van der Waals surface area (Å²) in [5, 5.41) is 21.3. The molecule has 1 fully saturated rings. The molecule has 0 unspecified atom stereocenters. The number of amides is 1. The minimum Gasteiger partial charge on any atom is -0.477 e. The van der Waals surface area contributed by atoms with Gasteiger partial charge in [0.2, 0.25) is 5.91 Å². The quantitative estimate of drug-likeness (QED) is 0.392. The van der Waals surface area contributed by atoms with Gasteiger partial charge in [0, 0.05) is 52.3 Å². The molecule has 2 rings (SSSR count). The van der Waals surface area contributed by atoms with Crippen LogP contribution in [0.5, 0.6) is 0 Å². The number of anilines is 2. The molecule has 0 spiro atoms. The minimum absolute atomic E-state index is 0.138. The van der Waals surface area contributed by atoms with E-state index >= 15 is 0 Å². The molecule has 1 aromatic carbocycles. The second-order valence-corrected chi connectivity index (χ2v) is 7.06. The van der Waals surface area contributed by atoms with Crippen molar-refractivity contribution < 1.29 is 23.5 Å². The maximum atomic E-state index is 13.1. The van der Waals surface area contributed by atoms with Crippen molar-refractivity contribution >= 4 is 23.3 Å². The van der Waals surface area contributed by atoms with Gasteiger partial charge in [0.1, 0.15) is 5.82 Å². The summed E-state index contributed by atoms with van der Waals surface area (Å²) in [6.07, 6.45) is 1.72. The van der Waals surface area contributed by atoms with Crippen molar-refractivity contribution in [2.45, 2.75) is 37.6 Å². The van der Waals surface area contributed by atoms with Gasteiger partial charge in [-0.25, -0.2) is 4.79 Å². The Hall–Kier alpha value is -3.04. The highest BCUT2D eigenvalue weighted by atomic mass is 19.3. The maximum Gasteiger partial charge on any atom is 0.374 e. The van der Waals surface area contributed by atoms with Crippen LogP contribution in [0, 0.1) is 0 Å². The number of halogens is 2. The number of rotatable bonds is 10. The van der Waals surface area contributed by atoms with Crippen LogP contribution in [0.2, 0.25) is 0 Å². The number of benzene rings is 1. The van der Waals surface area contributed by atoms with E-state index in [2.05, 4.69) is 21.3 Å². The van der Waals surface area contributed by atoms with Crippen LogP contribution in [-0.4, -0.2) is 61.0 Å². The number of hydrogen-bond donors (Lipinski definition) is 5. The lowest BCUT2D eigenvalue weighted by molar-refractivity contribution is -0.166. The Bertz CT molecular complexity index is 765. The molecular formula is C20H29F2N5O3. The van der Waals surface area contributed by atoms with E-state index < -0.39 is 30.6 Å². The second kappa shape index (κ2) is 10.7. The van der Waals surface area contributed by atoms with Crippen LogP contribution in [0.25, 0.3) is 0 Å². The van der Waals surface area contributed by atoms with Crippen LogP contribution in [-0.2, 0) is 9.59 Å². The molecule has 30 heavy (non-hydrogen) atoms. The first-order valence-corrected chi connectivity index (χ1v) is 9.83. The lowest BCUT2D eigenvalue weighted by Gasteiger charge is -2.32. The number of carboxylic acids is 1. The topological polar surface area (TPSA) is 106 Å². The Morgan fingerprint density at radius 1 is 1.20 bits per heavy atom. The van der Waals surface area contributed by atoms with Crippen molar-refractivity contribution in [2.24, 2.45) is 0 Å². The first kappa shape index (κ1) is 23.2. The largest absolute Gasteiger partial charge is 0.477 e. The van der Waals surface area contributed by atoms with Gasteiger partial charge in [0.05, 0.1) is 11.4 Å². The zero-order valence-corrected chi connectivity index (χ0v) is 17.2. The van der Waals surface area contributed by atoms with E-state index in [1.807, 2.05) is 37.5 Å². The normalized spacial score (nSPS) is 15.5. The van der Waals surface area contributed by atoms with E-state index in [1.165, 1.54) is 4.90 Å². The molecule has 1 amide bonds. The number of nitrogens with zero attached hydrogens (tertiary/aromatic N) is 1. The first-order chi connectivity index (χ1) is 14.3. The number of carbonyl (C=O) groups excluding carboxylic acids is 1. The van der Waals surface area contributed by atoms with E-state index in [-0.39, 0.29) is 6.04 Å². The Balaban J connectivity index is 1.82. The van der Waals surface area contributed by atoms with Crippen LogP contribution in [0.3, 0.4) is 0 Å². The number of piperidine rings is 1. The number of hydrogen-bond acceptors (Lipinski definition) is 6. The van der Waals surface area contributed by atoms with Gasteiger partial charge in [-0.05, 0) is 25.0 Å². The van der Waals surface area contributed by atoms with Gasteiger partial charge in [-0.3, -0.25) is 4.79 Å². The minimum atomic E-state index is -3.87. The second-order valence-electron chi connectivity index (χ2n) is 7.06. The molecule has 1 saturated heterocycles. The summed E-state index contributed by atoms with van der Waals surface area (Å²) in [5.41, 5.74) is 1.87. The third-order valence-corrected chi connectivity index (χ3v) is 5.01. The van der Waals surface area contributed by atoms with Crippen molar-refractivity contribution in [3.8, 4) is 0 Å². The van der Waals surface area contributed by atoms with E-state index in [0.29, 0.717) is 25.9 Å². The first-order valence-electron chi connectivity index (χ1n) is 9.83. The molecule has 0 saturated carbocycles. The fourth-order valence-electron chi connectivity index (χ4n) is 3.15. The fraction of sp³-hybridized carbons (Fsp3) is 0.500. The van der Waals surface area contributed by atoms with Gasteiger partial charge in [-0.15, -0.1) is 0 Å². The highest BCUT2D eigenvalue weighted by Crippen LogP contribution is 2.23. The number of para-hydroxylation sites is 2. The molecule has 1 aliphatic heterocycles. The van der Waals surface area contributed by atoms with E-state index in [0.717, 1.165) is 17.2 Å². The Morgan fingerprint density at radius 2 is 1.83 bits per heavy atom. The standard InChI is InChI=1S/C20H29F2N5O3/c1-23-15-5-3-4-6-16(15)26-17(24-2)13-25-14-8-11-27(12-9-14)18(28)7-10-20(21,22)19(29)30/h3-6,13-14,23-26H,7-12H2,1-2H3,(H,29,30)/b17-13+. The summed E-state index contributed by atoms with van der Waals surface area (Å²) in [6.45, 7) is 0.877. The van der Waals surface area contributed by atoms with Crippen molar-refractivity contribution in [1.82, 2.24) is 15.5 Å². The Morgan fingerprint density at radius 3 is 2.40 bits per heavy atom. The van der Waals surface area contributed by atoms with Crippen LogP contribution in [0.4, 0.5) is 20.2 Å². The molecule has 1 aromatic rings. The third kappa shape index (κ3) is 6.50. The number of nitrogens with one attached hydrogen (secondary N) is 4. The van der Waals surface area contributed by atoms with Crippen molar-refractivity contribution in [3.63, 3.8) is 0 Å². The number of likely N-dealkylation sites (tertiary alicyclic amines) is 1. The summed E-state index contributed by atoms with van der Waals surface area (Å²) in [7, 11) is 3.65. The molecule has 5 N–H and O–H groups in total. The molecule has 1 aliphatic rings. The van der Waals surface area contributed by atoms with Gasteiger partial charge in [0.15, 0.2) is 0 Å². The highest BCUT2D eigenvalue weighted by Gasteiger charge is 2.39. The summed E-state index contributed by atoms with van der Waals surface area (Å²) in [4.78, 5) is 24.1. The fourth-order valence-corrected chi connectivity index (χ4v) is 3.15. The third-order valence-electron chi connectivity index (χ3n) is 5.01. The summed E-state index contributed by atoms with van der Waals surface area (Å²) < 4.78 is 26.3. The Kier molecular flexibility index (Phi) is 8.25. The molecule has 0 aromatic heterocycles. The predicted molar refractivity (Wildman–Crippen MR) is 111 cm³/mol. The number of alkyl halides is 2.